The molecule has 2 atom stereocenters. The van der Waals surface area contributed by atoms with Gasteiger partial charge in [0.05, 0.1) is 0 Å². The Bertz CT molecular complexity index is 716. The smallest absolute Gasteiger partial charge is 0.161 e. The van der Waals surface area contributed by atoms with Crippen molar-refractivity contribution in [1.82, 2.24) is 14.9 Å². The van der Waals surface area contributed by atoms with Crippen molar-refractivity contribution >= 4 is 0 Å². The summed E-state index contributed by atoms with van der Waals surface area (Å²) in [7, 11) is 0. The van der Waals surface area contributed by atoms with Crippen LogP contribution in [0.25, 0.3) is 0 Å². The van der Waals surface area contributed by atoms with Gasteiger partial charge >= 0.3 is 0 Å². The molecule has 2 aliphatic heterocycles. The van der Waals surface area contributed by atoms with Crippen LogP contribution in [0.3, 0.4) is 0 Å². The van der Waals surface area contributed by atoms with Gasteiger partial charge in [0.25, 0.3) is 0 Å². The first-order chi connectivity index (χ1) is 12.3. The third-order valence-corrected chi connectivity index (χ3v) is 4.84. The fourth-order valence-corrected chi connectivity index (χ4v) is 3.54. The van der Waals surface area contributed by atoms with Crippen LogP contribution in [0.1, 0.15) is 37.3 Å². The Labute approximate surface area is 148 Å². The van der Waals surface area contributed by atoms with E-state index in [4.69, 9.17) is 14.2 Å². The second-order valence-corrected chi connectivity index (χ2v) is 6.47. The van der Waals surface area contributed by atoms with Crippen molar-refractivity contribution in [3.8, 4) is 11.5 Å². The van der Waals surface area contributed by atoms with E-state index in [-0.39, 0.29) is 12.1 Å². The Morgan fingerprint density at radius 2 is 2.08 bits per heavy atom. The largest absolute Gasteiger partial charge is 0.486 e. The zero-order valence-corrected chi connectivity index (χ0v) is 14.6. The lowest BCUT2D eigenvalue weighted by atomic mass is 10.0. The summed E-state index contributed by atoms with van der Waals surface area (Å²) < 4.78 is 19.5. The first-order valence-electron chi connectivity index (χ1n) is 9.09. The topological polar surface area (TPSA) is 57.5 Å². The van der Waals surface area contributed by atoms with Gasteiger partial charge in [0, 0.05) is 38.1 Å². The number of hydrogen-bond donors (Lipinski definition) is 1. The highest BCUT2D eigenvalue weighted by Gasteiger charge is 2.30. The number of aromatic nitrogens is 2. The van der Waals surface area contributed by atoms with Crippen LogP contribution in [0, 0.1) is 0 Å². The molecular weight excluding hydrogens is 318 g/mol. The van der Waals surface area contributed by atoms with Gasteiger partial charge in [-0.25, -0.2) is 4.98 Å². The summed E-state index contributed by atoms with van der Waals surface area (Å²) in [4.78, 5) is 4.54. The van der Waals surface area contributed by atoms with E-state index >= 15 is 0 Å². The molecule has 6 nitrogen and oxygen atoms in total. The zero-order valence-electron chi connectivity index (χ0n) is 14.6. The monoisotopic (exact) mass is 343 g/mol. The van der Waals surface area contributed by atoms with E-state index in [0.29, 0.717) is 13.2 Å². The second kappa shape index (κ2) is 7.45. The normalized spacial score (nSPS) is 22.8. The van der Waals surface area contributed by atoms with E-state index in [2.05, 4.69) is 33.9 Å². The standard InChI is InChI=1S/C19H25N3O3/c1-2-22-8-7-20-19(22)18-15(4-3-9-25-18)21-13-14-5-6-16-17(12-14)24-11-10-23-16/h5-8,12,15,18,21H,2-4,9-11,13H2,1H3/t15-,18-/m0/s1. The summed E-state index contributed by atoms with van der Waals surface area (Å²) in [5.41, 5.74) is 1.19. The summed E-state index contributed by atoms with van der Waals surface area (Å²) in [6, 6.07) is 6.40. The summed E-state index contributed by atoms with van der Waals surface area (Å²) >= 11 is 0. The molecule has 6 heteroatoms. The Balaban J connectivity index is 1.45. The molecule has 4 rings (SSSR count). The predicted molar refractivity (Wildman–Crippen MR) is 93.9 cm³/mol. The maximum atomic E-state index is 6.07. The molecule has 0 amide bonds. The Hall–Kier alpha value is -2.05. The molecule has 0 radical (unpaired) electrons. The maximum absolute atomic E-state index is 6.07. The van der Waals surface area contributed by atoms with Crippen LogP contribution in [0.2, 0.25) is 0 Å². The fourth-order valence-electron chi connectivity index (χ4n) is 3.54. The van der Waals surface area contributed by atoms with E-state index < -0.39 is 0 Å². The van der Waals surface area contributed by atoms with Gasteiger partial charge in [-0.15, -0.1) is 0 Å². The van der Waals surface area contributed by atoms with Gasteiger partial charge in [-0.1, -0.05) is 6.07 Å². The molecule has 0 bridgehead atoms. The van der Waals surface area contributed by atoms with E-state index in [1.807, 2.05) is 18.5 Å². The highest BCUT2D eigenvalue weighted by molar-refractivity contribution is 5.43. The van der Waals surface area contributed by atoms with Crippen molar-refractivity contribution in [3.63, 3.8) is 0 Å². The van der Waals surface area contributed by atoms with Crippen LogP contribution in [0.5, 0.6) is 11.5 Å². The molecule has 1 aromatic carbocycles. The molecule has 0 unspecified atom stereocenters. The molecule has 1 saturated heterocycles. The fraction of sp³-hybridized carbons (Fsp3) is 0.526. The molecule has 0 saturated carbocycles. The lowest BCUT2D eigenvalue weighted by molar-refractivity contribution is -0.0182. The van der Waals surface area contributed by atoms with Crippen LogP contribution in [-0.2, 0) is 17.8 Å². The van der Waals surface area contributed by atoms with Crippen LogP contribution in [0.4, 0.5) is 0 Å². The highest BCUT2D eigenvalue weighted by Crippen LogP contribution is 2.31. The molecular formula is C19H25N3O3. The number of hydrogen-bond acceptors (Lipinski definition) is 5. The van der Waals surface area contributed by atoms with E-state index in [9.17, 15) is 0 Å². The number of rotatable bonds is 5. The van der Waals surface area contributed by atoms with Crippen molar-refractivity contribution < 1.29 is 14.2 Å². The zero-order chi connectivity index (χ0) is 17.1. The minimum Gasteiger partial charge on any atom is -0.486 e. The Morgan fingerprint density at radius 3 is 2.96 bits per heavy atom. The number of aryl methyl sites for hydroxylation is 1. The summed E-state index contributed by atoms with van der Waals surface area (Å²) in [5, 5.41) is 3.66. The molecule has 0 spiro atoms. The van der Waals surface area contributed by atoms with E-state index in [0.717, 1.165) is 49.9 Å². The van der Waals surface area contributed by atoms with Gasteiger partial charge in [-0.05, 0) is 37.5 Å². The maximum Gasteiger partial charge on any atom is 0.161 e. The molecule has 2 aromatic rings. The molecule has 25 heavy (non-hydrogen) atoms. The first-order valence-corrected chi connectivity index (χ1v) is 9.09. The third kappa shape index (κ3) is 3.50. The van der Waals surface area contributed by atoms with E-state index in [1.165, 1.54) is 5.56 Å². The average Bonchev–Trinajstić information content (AvgIpc) is 3.15. The quantitative estimate of drug-likeness (QED) is 0.904. The van der Waals surface area contributed by atoms with Crippen molar-refractivity contribution in [2.24, 2.45) is 0 Å². The van der Waals surface area contributed by atoms with Gasteiger partial charge < -0.3 is 24.1 Å². The van der Waals surface area contributed by atoms with E-state index in [1.54, 1.807) is 0 Å². The molecule has 1 N–H and O–H groups in total. The van der Waals surface area contributed by atoms with Gasteiger partial charge in [0.15, 0.2) is 11.5 Å². The second-order valence-electron chi connectivity index (χ2n) is 6.47. The number of nitrogens with zero attached hydrogens (tertiary/aromatic N) is 2. The van der Waals surface area contributed by atoms with Crippen molar-refractivity contribution in [3.05, 3.63) is 42.0 Å². The minimum atomic E-state index is 0.000843. The summed E-state index contributed by atoms with van der Waals surface area (Å²) in [6.07, 6.45) is 6.04. The third-order valence-electron chi connectivity index (χ3n) is 4.84. The van der Waals surface area contributed by atoms with Crippen LogP contribution in [0.15, 0.2) is 30.6 Å². The molecule has 1 aromatic heterocycles. The van der Waals surface area contributed by atoms with Crippen molar-refractivity contribution in [2.45, 2.75) is 45.0 Å². The Morgan fingerprint density at radius 1 is 1.20 bits per heavy atom. The molecule has 3 heterocycles. The lowest BCUT2D eigenvalue weighted by Gasteiger charge is -2.32. The molecule has 2 aliphatic rings. The Kier molecular flexibility index (Phi) is 4.90. The number of benzene rings is 1. The molecule has 134 valence electrons. The average molecular weight is 343 g/mol. The van der Waals surface area contributed by atoms with Gasteiger partial charge in [-0.2, -0.15) is 0 Å². The van der Waals surface area contributed by atoms with Crippen molar-refractivity contribution in [2.75, 3.05) is 19.8 Å². The minimum absolute atomic E-state index is 0.000843. The summed E-state index contributed by atoms with van der Waals surface area (Å²) in [5.74, 6) is 2.68. The molecule has 0 aliphatic carbocycles. The van der Waals surface area contributed by atoms with Crippen LogP contribution < -0.4 is 14.8 Å². The van der Waals surface area contributed by atoms with Crippen molar-refractivity contribution in [1.29, 1.82) is 0 Å². The number of ether oxygens (including phenoxy) is 3. The van der Waals surface area contributed by atoms with Gasteiger partial charge in [0.1, 0.15) is 25.1 Å². The molecule has 1 fully saturated rings. The van der Waals surface area contributed by atoms with Crippen LogP contribution in [-0.4, -0.2) is 35.4 Å². The predicted octanol–water partition coefficient (Wildman–Crippen LogP) is 2.68. The SMILES string of the molecule is CCn1ccnc1[C@H]1OCCC[C@@H]1NCc1ccc2c(c1)OCCO2. The first kappa shape index (κ1) is 16.4. The van der Waals surface area contributed by atoms with Gasteiger partial charge in [-0.3, -0.25) is 0 Å². The van der Waals surface area contributed by atoms with Crippen LogP contribution >= 0.6 is 0 Å². The lowest BCUT2D eigenvalue weighted by Crippen LogP contribution is -2.40. The number of imidazole rings is 1. The number of nitrogens with one attached hydrogen (secondary N) is 1. The number of fused-ring (bicyclic) bond motifs is 1. The summed E-state index contributed by atoms with van der Waals surface area (Å²) in [6.45, 7) is 5.84. The highest BCUT2D eigenvalue weighted by atomic mass is 16.6. The van der Waals surface area contributed by atoms with Gasteiger partial charge in [0.2, 0.25) is 0 Å².